The van der Waals surface area contributed by atoms with Crippen molar-refractivity contribution < 1.29 is 23.4 Å². The number of rotatable bonds is 6. The van der Waals surface area contributed by atoms with Crippen molar-refractivity contribution in [3.63, 3.8) is 0 Å². The summed E-state index contributed by atoms with van der Waals surface area (Å²) in [6.45, 7) is 1.92. The number of aryl methyl sites for hydroxylation is 1. The lowest BCUT2D eigenvalue weighted by atomic mass is 10.1. The van der Waals surface area contributed by atoms with E-state index in [1.54, 1.807) is 32.4 Å². The minimum Gasteiger partial charge on any atom is -0.497 e. The van der Waals surface area contributed by atoms with Crippen LogP contribution in [0.4, 0.5) is 5.69 Å². The van der Waals surface area contributed by atoms with Gasteiger partial charge in [0.1, 0.15) is 11.3 Å². The molecule has 0 radical (unpaired) electrons. The van der Waals surface area contributed by atoms with Crippen LogP contribution in [0, 0.1) is 6.92 Å². The Morgan fingerprint density at radius 2 is 1.71 bits per heavy atom. The lowest BCUT2D eigenvalue weighted by Crippen LogP contribution is -2.13. The quantitative estimate of drug-likeness (QED) is 0.470. The topological polar surface area (TPSA) is 82.8 Å². The third-order valence-corrected chi connectivity index (χ3v) is 4.97. The molecule has 0 aliphatic carbocycles. The first-order valence-electron chi connectivity index (χ1n) is 9.61. The third-order valence-electron chi connectivity index (χ3n) is 4.97. The van der Waals surface area contributed by atoms with Gasteiger partial charge in [-0.05, 0) is 55.0 Å². The summed E-state index contributed by atoms with van der Waals surface area (Å²) in [7, 11) is 4.69. The Balaban J connectivity index is 1.63. The van der Waals surface area contributed by atoms with Crippen LogP contribution in [0.2, 0.25) is 0 Å². The summed E-state index contributed by atoms with van der Waals surface area (Å²) in [5.74, 6) is 1.96. The zero-order chi connectivity index (χ0) is 22.0. The van der Waals surface area contributed by atoms with Crippen LogP contribution in [0.5, 0.6) is 17.2 Å². The smallest absolute Gasteiger partial charge is 0.255 e. The van der Waals surface area contributed by atoms with Crippen molar-refractivity contribution in [3.8, 4) is 28.7 Å². The van der Waals surface area contributed by atoms with E-state index in [1.165, 1.54) is 7.11 Å². The number of hydrogen-bond donors (Lipinski definition) is 1. The Labute approximate surface area is 179 Å². The average Bonchev–Trinajstić information content (AvgIpc) is 3.23. The second kappa shape index (κ2) is 8.39. The van der Waals surface area contributed by atoms with Gasteiger partial charge in [0.15, 0.2) is 17.1 Å². The first-order valence-corrected chi connectivity index (χ1v) is 9.61. The van der Waals surface area contributed by atoms with E-state index in [4.69, 9.17) is 18.6 Å². The van der Waals surface area contributed by atoms with E-state index in [1.807, 2.05) is 43.3 Å². The third kappa shape index (κ3) is 4.02. The van der Waals surface area contributed by atoms with Gasteiger partial charge in [0.2, 0.25) is 5.89 Å². The summed E-state index contributed by atoms with van der Waals surface area (Å²) < 4.78 is 21.6. The zero-order valence-corrected chi connectivity index (χ0v) is 17.7. The van der Waals surface area contributed by atoms with Gasteiger partial charge >= 0.3 is 0 Å². The monoisotopic (exact) mass is 418 g/mol. The molecule has 31 heavy (non-hydrogen) atoms. The maximum Gasteiger partial charge on any atom is 0.255 e. The molecule has 0 atom stereocenters. The molecule has 4 rings (SSSR count). The van der Waals surface area contributed by atoms with E-state index in [0.717, 1.165) is 11.1 Å². The standard InChI is InChI=1S/C24H22N2O5/c1-14-5-6-16(24-26-19-13-17(28-2)8-10-20(19)31-24)11-18(14)25-23(27)15-7-9-21(29-3)22(12-15)30-4/h5-13H,1-4H3,(H,25,27). The molecule has 0 fully saturated rings. The molecular weight excluding hydrogens is 396 g/mol. The molecule has 0 saturated carbocycles. The number of aromatic nitrogens is 1. The summed E-state index contributed by atoms with van der Waals surface area (Å²) >= 11 is 0. The average molecular weight is 418 g/mol. The molecule has 4 aromatic rings. The minimum atomic E-state index is -0.261. The molecule has 3 aromatic carbocycles. The van der Waals surface area contributed by atoms with Crippen molar-refractivity contribution in [1.82, 2.24) is 4.98 Å². The molecule has 7 nitrogen and oxygen atoms in total. The van der Waals surface area contributed by atoms with Crippen LogP contribution in [0.1, 0.15) is 15.9 Å². The number of carbonyl (C=O) groups excluding carboxylic acids is 1. The van der Waals surface area contributed by atoms with E-state index in [2.05, 4.69) is 10.3 Å². The number of nitrogens with zero attached hydrogens (tertiary/aromatic N) is 1. The van der Waals surface area contributed by atoms with Gasteiger partial charge in [0.25, 0.3) is 5.91 Å². The number of ether oxygens (including phenoxy) is 3. The number of nitrogens with one attached hydrogen (secondary N) is 1. The highest BCUT2D eigenvalue weighted by Gasteiger charge is 2.14. The Morgan fingerprint density at radius 1 is 0.903 bits per heavy atom. The lowest BCUT2D eigenvalue weighted by Gasteiger charge is -2.12. The van der Waals surface area contributed by atoms with Gasteiger partial charge in [-0.1, -0.05) is 6.07 Å². The van der Waals surface area contributed by atoms with Crippen molar-refractivity contribution in [3.05, 3.63) is 65.7 Å². The summed E-state index contributed by atoms with van der Waals surface area (Å²) in [4.78, 5) is 17.4. The van der Waals surface area contributed by atoms with E-state index in [-0.39, 0.29) is 5.91 Å². The number of carbonyl (C=O) groups is 1. The highest BCUT2D eigenvalue weighted by Crippen LogP contribution is 2.31. The molecule has 0 bridgehead atoms. The van der Waals surface area contributed by atoms with Gasteiger partial charge in [-0.2, -0.15) is 0 Å². The Bertz CT molecular complexity index is 1260. The maximum atomic E-state index is 12.8. The van der Waals surface area contributed by atoms with E-state index < -0.39 is 0 Å². The summed E-state index contributed by atoms with van der Waals surface area (Å²) in [6, 6.07) is 16.1. The molecule has 1 amide bonds. The van der Waals surface area contributed by atoms with E-state index in [0.29, 0.717) is 45.5 Å². The van der Waals surface area contributed by atoms with Crippen LogP contribution in [-0.2, 0) is 0 Å². The number of amides is 1. The summed E-state index contributed by atoms with van der Waals surface area (Å²) in [5.41, 5.74) is 4.14. The van der Waals surface area contributed by atoms with Crippen molar-refractivity contribution in [1.29, 1.82) is 0 Å². The van der Waals surface area contributed by atoms with Crippen LogP contribution >= 0.6 is 0 Å². The minimum absolute atomic E-state index is 0.261. The van der Waals surface area contributed by atoms with Gasteiger partial charge in [-0.25, -0.2) is 4.98 Å². The number of benzene rings is 3. The highest BCUT2D eigenvalue weighted by molar-refractivity contribution is 6.05. The van der Waals surface area contributed by atoms with Gasteiger partial charge in [-0.3, -0.25) is 4.79 Å². The van der Waals surface area contributed by atoms with Gasteiger partial charge in [-0.15, -0.1) is 0 Å². The van der Waals surface area contributed by atoms with Gasteiger partial charge < -0.3 is 23.9 Å². The zero-order valence-electron chi connectivity index (χ0n) is 17.7. The molecular formula is C24H22N2O5. The van der Waals surface area contributed by atoms with Crippen molar-refractivity contribution in [2.75, 3.05) is 26.6 Å². The second-order valence-corrected chi connectivity index (χ2v) is 6.91. The first-order chi connectivity index (χ1) is 15.0. The Morgan fingerprint density at radius 3 is 2.45 bits per heavy atom. The fourth-order valence-electron chi connectivity index (χ4n) is 3.22. The largest absolute Gasteiger partial charge is 0.497 e. The number of methoxy groups -OCH3 is 3. The normalized spacial score (nSPS) is 10.7. The fourth-order valence-corrected chi connectivity index (χ4v) is 3.22. The molecule has 0 unspecified atom stereocenters. The maximum absolute atomic E-state index is 12.8. The van der Waals surface area contributed by atoms with Crippen molar-refractivity contribution >= 4 is 22.7 Å². The fraction of sp³-hybridized carbons (Fsp3) is 0.167. The van der Waals surface area contributed by atoms with Gasteiger partial charge in [0.05, 0.1) is 21.3 Å². The lowest BCUT2D eigenvalue weighted by molar-refractivity contribution is 0.102. The highest BCUT2D eigenvalue weighted by atomic mass is 16.5. The van der Waals surface area contributed by atoms with E-state index in [9.17, 15) is 4.79 Å². The molecule has 0 aliphatic heterocycles. The number of oxazole rings is 1. The van der Waals surface area contributed by atoms with Crippen LogP contribution in [0.3, 0.4) is 0 Å². The van der Waals surface area contributed by atoms with Crippen molar-refractivity contribution in [2.45, 2.75) is 6.92 Å². The molecule has 1 aromatic heterocycles. The van der Waals surface area contributed by atoms with Gasteiger partial charge in [0, 0.05) is 22.9 Å². The first kappa shape index (κ1) is 20.3. The number of anilines is 1. The SMILES string of the molecule is COc1ccc2oc(-c3ccc(C)c(NC(=O)c4ccc(OC)c(OC)c4)c3)nc2c1. The van der Waals surface area contributed by atoms with Crippen molar-refractivity contribution in [2.24, 2.45) is 0 Å². The number of fused-ring (bicyclic) bond motifs is 1. The summed E-state index contributed by atoms with van der Waals surface area (Å²) in [6.07, 6.45) is 0. The molecule has 1 N–H and O–H groups in total. The molecule has 0 aliphatic rings. The van der Waals surface area contributed by atoms with Crippen LogP contribution in [0.15, 0.2) is 59.0 Å². The van der Waals surface area contributed by atoms with Crippen LogP contribution in [-0.4, -0.2) is 32.2 Å². The van der Waals surface area contributed by atoms with Crippen LogP contribution in [0.25, 0.3) is 22.6 Å². The number of hydrogen-bond acceptors (Lipinski definition) is 6. The predicted octanol–water partition coefficient (Wildman–Crippen LogP) is 5.08. The second-order valence-electron chi connectivity index (χ2n) is 6.91. The molecule has 0 spiro atoms. The molecule has 158 valence electrons. The Hall–Kier alpha value is -4.00. The predicted molar refractivity (Wildman–Crippen MR) is 118 cm³/mol. The summed E-state index contributed by atoms with van der Waals surface area (Å²) in [5, 5.41) is 2.95. The molecule has 1 heterocycles. The molecule has 7 heteroatoms. The van der Waals surface area contributed by atoms with Crippen LogP contribution < -0.4 is 19.5 Å². The Kier molecular flexibility index (Phi) is 5.49. The molecule has 0 saturated heterocycles. The van der Waals surface area contributed by atoms with E-state index >= 15 is 0 Å².